The fourth-order valence-electron chi connectivity index (χ4n) is 4.72. The highest BCUT2D eigenvalue weighted by molar-refractivity contribution is 5.98. The van der Waals surface area contributed by atoms with Crippen molar-refractivity contribution in [1.82, 2.24) is 9.80 Å². The van der Waals surface area contributed by atoms with Crippen molar-refractivity contribution in [2.24, 2.45) is 11.8 Å². The third-order valence-electron chi connectivity index (χ3n) is 6.84. The SMILES string of the molecule is CO[C@@H]1CN(C)C(=O)c2ccc(NC(=O)C3CCCC3)cc2OC[C@H](C)N(C(C)=O)C[C@H]1C. The van der Waals surface area contributed by atoms with Gasteiger partial charge in [0.1, 0.15) is 12.4 Å². The van der Waals surface area contributed by atoms with Crippen LogP contribution in [0.15, 0.2) is 18.2 Å². The second kappa shape index (κ2) is 11.0. The Hall–Kier alpha value is -2.61. The minimum Gasteiger partial charge on any atom is -0.491 e. The molecule has 3 atom stereocenters. The van der Waals surface area contributed by atoms with Crippen molar-refractivity contribution in [2.75, 3.05) is 39.2 Å². The van der Waals surface area contributed by atoms with E-state index in [2.05, 4.69) is 5.32 Å². The van der Waals surface area contributed by atoms with Crippen LogP contribution < -0.4 is 10.1 Å². The normalized spacial score (nSPS) is 25.0. The number of anilines is 1. The molecule has 3 rings (SSSR count). The quantitative estimate of drug-likeness (QED) is 0.750. The van der Waals surface area contributed by atoms with E-state index in [-0.39, 0.29) is 48.3 Å². The zero-order chi connectivity index (χ0) is 24.1. The maximum absolute atomic E-state index is 13.3. The Morgan fingerprint density at radius 1 is 1.15 bits per heavy atom. The molecule has 1 aliphatic carbocycles. The van der Waals surface area contributed by atoms with E-state index < -0.39 is 0 Å². The third-order valence-corrected chi connectivity index (χ3v) is 6.84. The molecule has 33 heavy (non-hydrogen) atoms. The molecule has 1 aliphatic heterocycles. The van der Waals surface area contributed by atoms with Crippen LogP contribution in [0.25, 0.3) is 0 Å². The summed E-state index contributed by atoms with van der Waals surface area (Å²) in [6, 6.07) is 4.96. The number of rotatable bonds is 3. The fourth-order valence-corrected chi connectivity index (χ4v) is 4.72. The van der Waals surface area contributed by atoms with Crippen LogP contribution in [0.1, 0.15) is 56.8 Å². The minimum absolute atomic E-state index is 0.0112. The van der Waals surface area contributed by atoms with Crippen molar-refractivity contribution in [1.29, 1.82) is 0 Å². The Labute approximate surface area is 196 Å². The zero-order valence-corrected chi connectivity index (χ0v) is 20.4. The van der Waals surface area contributed by atoms with Crippen LogP contribution in [0.2, 0.25) is 0 Å². The highest BCUT2D eigenvalue weighted by atomic mass is 16.5. The highest BCUT2D eigenvalue weighted by Crippen LogP contribution is 2.29. The van der Waals surface area contributed by atoms with E-state index in [1.165, 1.54) is 0 Å². The van der Waals surface area contributed by atoms with Gasteiger partial charge in [0, 0.05) is 57.8 Å². The van der Waals surface area contributed by atoms with Crippen LogP contribution in [0.5, 0.6) is 5.75 Å². The molecule has 1 saturated carbocycles. The number of fused-ring (bicyclic) bond motifs is 1. The van der Waals surface area contributed by atoms with Crippen molar-refractivity contribution in [3.05, 3.63) is 23.8 Å². The Morgan fingerprint density at radius 2 is 1.85 bits per heavy atom. The van der Waals surface area contributed by atoms with Gasteiger partial charge in [0.2, 0.25) is 11.8 Å². The first-order valence-corrected chi connectivity index (χ1v) is 11.8. The second-order valence-electron chi connectivity index (χ2n) is 9.45. The van der Waals surface area contributed by atoms with Gasteiger partial charge in [0.05, 0.1) is 17.7 Å². The lowest BCUT2D eigenvalue weighted by atomic mass is 10.0. The van der Waals surface area contributed by atoms with Gasteiger partial charge in [-0.05, 0) is 31.9 Å². The van der Waals surface area contributed by atoms with Gasteiger partial charge < -0.3 is 24.6 Å². The van der Waals surface area contributed by atoms with Gasteiger partial charge in [-0.3, -0.25) is 14.4 Å². The van der Waals surface area contributed by atoms with Gasteiger partial charge in [-0.15, -0.1) is 0 Å². The Balaban J connectivity index is 1.90. The van der Waals surface area contributed by atoms with E-state index in [4.69, 9.17) is 9.47 Å². The van der Waals surface area contributed by atoms with E-state index >= 15 is 0 Å². The molecule has 3 amide bonds. The number of carbonyl (C=O) groups is 3. The standard InChI is InChI=1S/C25H37N3O5/c1-16-13-28(18(3)29)17(2)15-33-22-12-20(26-24(30)19-8-6-7-9-19)10-11-21(22)25(31)27(4)14-23(16)32-5/h10-12,16-17,19,23H,6-9,13-15H2,1-5H3,(H,26,30)/t16-,17+,23-/m1/s1. The van der Waals surface area contributed by atoms with Crippen LogP contribution >= 0.6 is 0 Å². The average Bonchev–Trinajstić information content (AvgIpc) is 3.33. The molecular formula is C25H37N3O5. The number of hydrogen-bond donors (Lipinski definition) is 1. The molecule has 8 heteroatoms. The van der Waals surface area contributed by atoms with Gasteiger partial charge in [-0.1, -0.05) is 19.8 Å². The van der Waals surface area contributed by atoms with Crippen LogP contribution in [0.3, 0.4) is 0 Å². The number of likely N-dealkylation sites (N-methyl/N-ethyl adjacent to an activating group) is 1. The maximum atomic E-state index is 13.3. The second-order valence-corrected chi connectivity index (χ2v) is 9.45. The summed E-state index contributed by atoms with van der Waals surface area (Å²) in [4.78, 5) is 41.6. The van der Waals surface area contributed by atoms with Crippen molar-refractivity contribution >= 4 is 23.4 Å². The molecule has 1 fully saturated rings. The third kappa shape index (κ3) is 6.05. The van der Waals surface area contributed by atoms with Crippen LogP contribution in [-0.4, -0.2) is 73.5 Å². The molecule has 1 heterocycles. The molecule has 8 nitrogen and oxygen atoms in total. The van der Waals surface area contributed by atoms with E-state index in [0.717, 1.165) is 25.7 Å². The summed E-state index contributed by atoms with van der Waals surface area (Å²) >= 11 is 0. The number of carbonyl (C=O) groups excluding carboxylic acids is 3. The predicted molar refractivity (Wildman–Crippen MR) is 126 cm³/mol. The summed E-state index contributed by atoms with van der Waals surface area (Å²) in [5.74, 6) is 0.267. The molecule has 2 aliphatic rings. The van der Waals surface area contributed by atoms with E-state index in [1.54, 1.807) is 49.1 Å². The van der Waals surface area contributed by atoms with Gasteiger partial charge in [0.15, 0.2) is 0 Å². The smallest absolute Gasteiger partial charge is 0.257 e. The molecule has 182 valence electrons. The number of hydrogen-bond acceptors (Lipinski definition) is 5. The zero-order valence-electron chi connectivity index (χ0n) is 20.4. The fraction of sp³-hybridized carbons (Fsp3) is 0.640. The highest BCUT2D eigenvalue weighted by Gasteiger charge is 2.29. The number of methoxy groups -OCH3 is 1. The first-order valence-electron chi connectivity index (χ1n) is 11.8. The van der Waals surface area contributed by atoms with Crippen molar-refractivity contribution < 1.29 is 23.9 Å². The molecule has 1 aromatic carbocycles. The van der Waals surface area contributed by atoms with E-state index in [1.807, 2.05) is 13.8 Å². The lowest BCUT2D eigenvalue weighted by molar-refractivity contribution is -0.133. The summed E-state index contributed by atoms with van der Waals surface area (Å²) in [7, 11) is 3.36. The number of nitrogens with zero attached hydrogens (tertiary/aromatic N) is 2. The first kappa shape index (κ1) is 25.0. The van der Waals surface area contributed by atoms with Crippen molar-refractivity contribution in [3.8, 4) is 5.75 Å². The Bertz CT molecular complexity index is 868. The van der Waals surface area contributed by atoms with Crippen molar-refractivity contribution in [2.45, 2.75) is 58.6 Å². The first-order chi connectivity index (χ1) is 15.7. The lowest BCUT2D eigenvalue weighted by Crippen LogP contribution is -2.48. The molecule has 0 aromatic heterocycles. The summed E-state index contributed by atoms with van der Waals surface area (Å²) in [5.41, 5.74) is 1.02. The Morgan fingerprint density at radius 3 is 2.48 bits per heavy atom. The summed E-state index contributed by atoms with van der Waals surface area (Å²) < 4.78 is 11.8. The number of ether oxygens (including phenoxy) is 2. The molecule has 0 spiro atoms. The molecule has 0 unspecified atom stereocenters. The molecule has 0 radical (unpaired) electrons. The van der Waals surface area contributed by atoms with Gasteiger partial charge in [-0.25, -0.2) is 0 Å². The summed E-state index contributed by atoms with van der Waals surface area (Å²) in [5, 5.41) is 2.98. The molecule has 0 saturated heterocycles. The molecule has 0 bridgehead atoms. The van der Waals surface area contributed by atoms with Gasteiger partial charge in [0.25, 0.3) is 5.91 Å². The topological polar surface area (TPSA) is 88.2 Å². The maximum Gasteiger partial charge on any atom is 0.257 e. The van der Waals surface area contributed by atoms with Crippen LogP contribution in [-0.2, 0) is 14.3 Å². The van der Waals surface area contributed by atoms with Crippen molar-refractivity contribution in [3.63, 3.8) is 0 Å². The molecular weight excluding hydrogens is 422 g/mol. The monoisotopic (exact) mass is 459 g/mol. The van der Waals surface area contributed by atoms with E-state index in [0.29, 0.717) is 30.1 Å². The predicted octanol–water partition coefficient (Wildman–Crippen LogP) is 3.17. The summed E-state index contributed by atoms with van der Waals surface area (Å²) in [6.45, 7) is 6.63. The molecule has 1 N–H and O–H groups in total. The van der Waals surface area contributed by atoms with Crippen LogP contribution in [0, 0.1) is 11.8 Å². The van der Waals surface area contributed by atoms with Crippen LogP contribution in [0.4, 0.5) is 5.69 Å². The van der Waals surface area contributed by atoms with Gasteiger partial charge in [-0.2, -0.15) is 0 Å². The minimum atomic E-state index is -0.221. The molecule has 1 aromatic rings. The van der Waals surface area contributed by atoms with Gasteiger partial charge >= 0.3 is 0 Å². The van der Waals surface area contributed by atoms with E-state index in [9.17, 15) is 14.4 Å². The Kier molecular flexibility index (Phi) is 8.35. The lowest BCUT2D eigenvalue weighted by Gasteiger charge is -2.35. The largest absolute Gasteiger partial charge is 0.491 e. The summed E-state index contributed by atoms with van der Waals surface area (Å²) in [6.07, 6.45) is 3.76. The number of benzene rings is 1. The number of amides is 3. The average molecular weight is 460 g/mol. The number of nitrogens with one attached hydrogen (secondary N) is 1.